The van der Waals surface area contributed by atoms with Gasteiger partial charge in [-0.3, -0.25) is 4.79 Å². The summed E-state index contributed by atoms with van der Waals surface area (Å²) in [6, 6.07) is 10.1. The standard InChI is InChI=1S/C17H14F3NO2S/c18-17(19,20)12-10-11(21-9-3-6-16(21)23)7-8-14(12)24-15-5-2-1-4-13(15)22/h1-2,4-5,7-8,10,22H,3,6,9H2. The normalized spacial score (nSPS) is 15.1. The third-order valence-electron chi connectivity index (χ3n) is 3.74. The molecule has 1 aliphatic heterocycles. The molecule has 24 heavy (non-hydrogen) atoms. The third-order valence-corrected chi connectivity index (χ3v) is 4.88. The summed E-state index contributed by atoms with van der Waals surface area (Å²) < 4.78 is 40.3. The highest BCUT2D eigenvalue weighted by Gasteiger charge is 2.35. The van der Waals surface area contributed by atoms with Gasteiger partial charge in [-0.2, -0.15) is 13.2 Å². The topological polar surface area (TPSA) is 40.5 Å². The Bertz CT molecular complexity index is 777. The fourth-order valence-electron chi connectivity index (χ4n) is 2.58. The molecule has 0 unspecified atom stereocenters. The number of phenols is 1. The molecule has 0 radical (unpaired) electrons. The summed E-state index contributed by atoms with van der Waals surface area (Å²) in [5.74, 6) is -0.237. The molecule has 2 aromatic rings. The number of rotatable bonds is 3. The third kappa shape index (κ3) is 3.36. The molecule has 0 bridgehead atoms. The summed E-state index contributed by atoms with van der Waals surface area (Å²) in [4.78, 5) is 13.5. The Labute approximate surface area is 141 Å². The number of carbonyl (C=O) groups excluding carboxylic acids is 1. The molecule has 0 spiro atoms. The van der Waals surface area contributed by atoms with Crippen molar-refractivity contribution in [2.45, 2.75) is 28.8 Å². The van der Waals surface area contributed by atoms with Crippen LogP contribution in [0.25, 0.3) is 0 Å². The van der Waals surface area contributed by atoms with E-state index < -0.39 is 11.7 Å². The molecule has 1 heterocycles. The van der Waals surface area contributed by atoms with Crippen molar-refractivity contribution in [2.24, 2.45) is 0 Å². The van der Waals surface area contributed by atoms with Gasteiger partial charge in [0.25, 0.3) is 0 Å². The lowest BCUT2D eigenvalue weighted by molar-refractivity contribution is -0.139. The van der Waals surface area contributed by atoms with Crippen LogP contribution in [0.3, 0.4) is 0 Å². The SMILES string of the molecule is O=C1CCCN1c1ccc(Sc2ccccc2O)c(C(F)(F)F)c1. The second kappa shape index (κ2) is 6.39. The van der Waals surface area contributed by atoms with Gasteiger partial charge < -0.3 is 10.0 Å². The van der Waals surface area contributed by atoms with Crippen LogP contribution in [0.1, 0.15) is 18.4 Å². The van der Waals surface area contributed by atoms with Crippen LogP contribution in [-0.4, -0.2) is 17.6 Å². The molecule has 3 nitrogen and oxygen atoms in total. The molecule has 1 amide bonds. The predicted molar refractivity (Wildman–Crippen MR) is 85.3 cm³/mol. The van der Waals surface area contributed by atoms with E-state index in [9.17, 15) is 23.1 Å². The van der Waals surface area contributed by atoms with Crippen molar-refractivity contribution in [1.82, 2.24) is 0 Å². The summed E-state index contributed by atoms with van der Waals surface area (Å²) in [6.07, 6.45) is -3.55. The molecule has 2 aromatic carbocycles. The number of hydrogen-bond acceptors (Lipinski definition) is 3. The van der Waals surface area contributed by atoms with Crippen LogP contribution >= 0.6 is 11.8 Å². The molecule has 1 saturated heterocycles. The number of amides is 1. The summed E-state index contributed by atoms with van der Waals surface area (Å²) in [6.45, 7) is 0.433. The lowest BCUT2D eigenvalue weighted by atomic mass is 10.2. The van der Waals surface area contributed by atoms with Crippen LogP contribution in [0.2, 0.25) is 0 Å². The van der Waals surface area contributed by atoms with Crippen molar-refractivity contribution in [1.29, 1.82) is 0 Å². The Hall–Kier alpha value is -2.15. The van der Waals surface area contributed by atoms with Gasteiger partial charge in [-0.15, -0.1) is 0 Å². The molecule has 1 N–H and O–H groups in total. The molecule has 3 rings (SSSR count). The van der Waals surface area contributed by atoms with Crippen LogP contribution in [0.5, 0.6) is 5.75 Å². The second-order valence-electron chi connectivity index (χ2n) is 5.40. The maximum atomic E-state index is 13.4. The summed E-state index contributed by atoms with van der Waals surface area (Å²) in [5.41, 5.74) is -0.556. The number of halogens is 3. The van der Waals surface area contributed by atoms with Gasteiger partial charge in [-0.05, 0) is 36.8 Å². The average Bonchev–Trinajstić information content (AvgIpc) is 2.95. The zero-order chi connectivity index (χ0) is 17.3. The fraction of sp³-hybridized carbons (Fsp3) is 0.235. The maximum absolute atomic E-state index is 13.4. The Kier molecular flexibility index (Phi) is 4.45. The van der Waals surface area contributed by atoms with Crippen molar-refractivity contribution < 1.29 is 23.1 Å². The lowest BCUT2D eigenvalue weighted by Gasteiger charge is -2.19. The predicted octanol–water partition coefficient (Wildman–Crippen LogP) is 4.69. The monoisotopic (exact) mass is 353 g/mol. The van der Waals surface area contributed by atoms with E-state index in [0.717, 1.165) is 17.8 Å². The molecular weight excluding hydrogens is 339 g/mol. The van der Waals surface area contributed by atoms with Crippen molar-refractivity contribution in [3.05, 3.63) is 48.0 Å². The molecule has 7 heteroatoms. The summed E-state index contributed by atoms with van der Waals surface area (Å²) in [5, 5.41) is 9.77. The van der Waals surface area contributed by atoms with Crippen LogP contribution in [0, 0.1) is 0 Å². The van der Waals surface area contributed by atoms with E-state index in [-0.39, 0.29) is 22.2 Å². The zero-order valence-electron chi connectivity index (χ0n) is 12.5. The highest BCUT2D eigenvalue weighted by Crippen LogP contribution is 2.43. The minimum atomic E-state index is -4.55. The van der Waals surface area contributed by atoms with Gasteiger partial charge >= 0.3 is 6.18 Å². The van der Waals surface area contributed by atoms with Crippen molar-refractivity contribution in [2.75, 3.05) is 11.4 Å². The first-order valence-electron chi connectivity index (χ1n) is 7.34. The second-order valence-corrected chi connectivity index (χ2v) is 6.48. The number of aromatic hydroxyl groups is 1. The number of carbonyl (C=O) groups is 1. The van der Waals surface area contributed by atoms with E-state index in [2.05, 4.69) is 0 Å². The van der Waals surface area contributed by atoms with Gasteiger partial charge in [0, 0.05) is 23.5 Å². The molecule has 1 aliphatic rings. The van der Waals surface area contributed by atoms with E-state index in [1.165, 1.54) is 23.1 Å². The molecular formula is C17H14F3NO2S. The number of nitrogens with zero attached hydrogens (tertiary/aromatic N) is 1. The molecule has 0 aliphatic carbocycles. The zero-order valence-corrected chi connectivity index (χ0v) is 13.3. The molecule has 0 aromatic heterocycles. The van der Waals surface area contributed by atoms with Crippen LogP contribution in [0.4, 0.5) is 18.9 Å². The number of hydrogen-bond donors (Lipinski definition) is 1. The Balaban J connectivity index is 2.00. The minimum Gasteiger partial charge on any atom is -0.507 e. The Morgan fingerprint density at radius 1 is 1.08 bits per heavy atom. The fourth-order valence-corrected chi connectivity index (χ4v) is 3.56. The Morgan fingerprint density at radius 2 is 1.83 bits per heavy atom. The first-order valence-corrected chi connectivity index (χ1v) is 8.15. The van der Waals surface area contributed by atoms with Crippen molar-refractivity contribution in [3.8, 4) is 5.75 Å². The van der Waals surface area contributed by atoms with Gasteiger partial charge in [0.1, 0.15) is 5.75 Å². The summed E-state index contributed by atoms with van der Waals surface area (Å²) in [7, 11) is 0. The smallest absolute Gasteiger partial charge is 0.417 e. The summed E-state index contributed by atoms with van der Waals surface area (Å²) >= 11 is 0.846. The molecule has 1 fully saturated rings. The number of alkyl halides is 3. The van der Waals surface area contributed by atoms with Gasteiger partial charge in [0.2, 0.25) is 5.91 Å². The molecule has 126 valence electrons. The maximum Gasteiger partial charge on any atom is 0.417 e. The van der Waals surface area contributed by atoms with Crippen molar-refractivity contribution >= 4 is 23.4 Å². The van der Waals surface area contributed by atoms with Gasteiger partial charge in [-0.25, -0.2) is 0 Å². The highest BCUT2D eigenvalue weighted by atomic mass is 32.2. The largest absolute Gasteiger partial charge is 0.507 e. The van der Waals surface area contributed by atoms with E-state index in [0.29, 0.717) is 24.3 Å². The van der Waals surface area contributed by atoms with Crippen LogP contribution in [-0.2, 0) is 11.0 Å². The van der Waals surface area contributed by atoms with Crippen LogP contribution in [0.15, 0.2) is 52.3 Å². The van der Waals surface area contributed by atoms with E-state index >= 15 is 0 Å². The lowest BCUT2D eigenvalue weighted by Crippen LogP contribution is -2.24. The van der Waals surface area contributed by atoms with Crippen LogP contribution < -0.4 is 4.90 Å². The highest BCUT2D eigenvalue weighted by molar-refractivity contribution is 7.99. The van der Waals surface area contributed by atoms with E-state index in [1.807, 2.05) is 0 Å². The quantitative estimate of drug-likeness (QED) is 0.870. The molecule has 0 atom stereocenters. The minimum absolute atomic E-state index is 0.0144. The number of benzene rings is 2. The first kappa shape index (κ1) is 16.7. The van der Waals surface area contributed by atoms with Crippen molar-refractivity contribution in [3.63, 3.8) is 0 Å². The van der Waals surface area contributed by atoms with E-state index in [4.69, 9.17) is 0 Å². The van der Waals surface area contributed by atoms with Gasteiger partial charge in [0.15, 0.2) is 0 Å². The Morgan fingerprint density at radius 3 is 2.46 bits per heavy atom. The van der Waals surface area contributed by atoms with E-state index in [1.54, 1.807) is 18.2 Å². The number of para-hydroxylation sites is 1. The first-order chi connectivity index (χ1) is 11.4. The van der Waals surface area contributed by atoms with Gasteiger partial charge in [0.05, 0.1) is 10.5 Å². The van der Waals surface area contributed by atoms with Gasteiger partial charge in [-0.1, -0.05) is 23.9 Å². The number of phenolic OH excluding ortho intramolecular Hbond substituents is 1. The molecule has 0 saturated carbocycles. The average molecular weight is 353 g/mol. The number of anilines is 1.